The molecule has 3 rings (SSSR count). The first kappa shape index (κ1) is 22.0. The van der Waals surface area contributed by atoms with E-state index in [-0.39, 0.29) is 9.13 Å². The van der Waals surface area contributed by atoms with Crippen LogP contribution in [-0.2, 0) is 18.0 Å². The van der Waals surface area contributed by atoms with Crippen molar-refractivity contribution >= 4 is 11.6 Å². The van der Waals surface area contributed by atoms with Gasteiger partial charge in [-0.15, -0.1) is 6.42 Å². The molecule has 2 aromatic rings. The highest BCUT2D eigenvalue weighted by Gasteiger charge is 2.51. The first-order valence-electron chi connectivity index (χ1n) is 8.28. The number of rotatable bonds is 2. The van der Waals surface area contributed by atoms with Gasteiger partial charge in [0.25, 0.3) is 5.56 Å². The van der Waals surface area contributed by atoms with E-state index in [9.17, 15) is 40.7 Å². The first-order chi connectivity index (χ1) is 14.2. The molecule has 0 aliphatic carbocycles. The van der Waals surface area contributed by atoms with E-state index in [2.05, 4.69) is 4.74 Å². The Labute approximate surface area is 169 Å². The fourth-order valence-electron chi connectivity index (χ4n) is 3.16. The Kier molecular flexibility index (Phi) is 4.92. The second-order valence-corrected chi connectivity index (χ2v) is 6.44. The van der Waals surface area contributed by atoms with Crippen LogP contribution >= 0.6 is 0 Å². The highest BCUT2D eigenvalue weighted by Crippen LogP contribution is 2.41. The van der Waals surface area contributed by atoms with Gasteiger partial charge in [-0.05, 0) is 13.0 Å². The number of fused-ring (bicyclic) bond motifs is 1. The zero-order chi connectivity index (χ0) is 23.5. The van der Waals surface area contributed by atoms with Gasteiger partial charge in [-0.2, -0.15) is 22.0 Å². The van der Waals surface area contributed by atoms with E-state index in [4.69, 9.17) is 6.42 Å². The van der Waals surface area contributed by atoms with E-state index in [0.29, 0.717) is 17.0 Å². The van der Waals surface area contributed by atoms with Gasteiger partial charge in [-0.3, -0.25) is 19.1 Å². The second-order valence-electron chi connectivity index (χ2n) is 6.44. The van der Waals surface area contributed by atoms with Crippen LogP contribution in [0, 0.1) is 25.1 Å². The van der Waals surface area contributed by atoms with E-state index >= 15 is 0 Å². The third kappa shape index (κ3) is 3.33. The number of terminal acetylenes is 1. The van der Waals surface area contributed by atoms with Crippen LogP contribution in [0.25, 0.3) is 5.69 Å². The van der Waals surface area contributed by atoms with Crippen LogP contribution in [0.2, 0.25) is 0 Å². The van der Waals surface area contributed by atoms with E-state index in [1.165, 1.54) is 0 Å². The normalized spacial score (nSPS) is 15.3. The minimum atomic E-state index is -5.06. The predicted octanol–water partition coefficient (Wildman–Crippen LogP) is 1.95. The molecule has 0 bridgehead atoms. The molecule has 1 aromatic carbocycles. The summed E-state index contributed by atoms with van der Waals surface area (Å²) in [6, 6.07) is 1.01. The number of benzene rings is 1. The van der Waals surface area contributed by atoms with Crippen molar-refractivity contribution in [3.05, 3.63) is 50.0 Å². The second kappa shape index (κ2) is 6.93. The van der Waals surface area contributed by atoms with Gasteiger partial charge >= 0.3 is 23.9 Å². The number of hydrogen-bond donors (Lipinski definition) is 0. The fraction of sp³-hybridized carbons (Fsp3) is 0.278. The molecule has 0 saturated carbocycles. The topological polar surface area (TPSA) is 73.5 Å². The van der Waals surface area contributed by atoms with Gasteiger partial charge in [-0.25, -0.2) is 13.8 Å². The van der Waals surface area contributed by atoms with Crippen LogP contribution in [0.1, 0.15) is 11.3 Å². The molecule has 0 saturated heterocycles. The summed E-state index contributed by atoms with van der Waals surface area (Å²) in [6.07, 6.45) is -4.35. The third-order valence-electron chi connectivity index (χ3n) is 4.50. The summed E-state index contributed by atoms with van der Waals surface area (Å²) in [5.74, 6) is -2.21. The maximum absolute atomic E-state index is 14.7. The van der Waals surface area contributed by atoms with Crippen molar-refractivity contribution in [2.45, 2.75) is 19.2 Å². The molecule has 31 heavy (non-hydrogen) atoms. The number of aromatic nitrogens is 2. The number of anilines is 1. The van der Waals surface area contributed by atoms with Crippen molar-refractivity contribution in [2.75, 3.05) is 11.4 Å². The van der Waals surface area contributed by atoms with E-state index in [1.54, 1.807) is 0 Å². The Bertz CT molecular complexity index is 1230. The Morgan fingerprint density at radius 2 is 1.77 bits per heavy atom. The third-order valence-corrected chi connectivity index (χ3v) is 4.50. The molecule has 0 atom stereocenters. The quantitative estimate of drug-likeness (QED) is 0.521. The molecule has 164 valence electrons. The number of carbonyl (C=O) groups excluding carboxylic acids is 1. The largest absolute Gasteiger partial charge is 0.483 e. The van der Waals surface area contributed by atoms with E-state index in [0.717, 1.165) is 14.0 Å². The summed E-state index contributed by atoms with van der Waals surface area (Å²) in [6.45, 7) is 0.0873. The van der Waals surface area contributed by atoms with Gasteiger partial charge in [0, 0.05) is 18.7 Å². The maximum atomic E-state index is 14.7. The molecule has 0 N–H and O–H groups in total. The lowest BCUT2D eigenvalue weighted by molar-refractivity contribution is -0.192. The maximum Gasteiger partial charge on any atom is 0.483 e. The minimum Gasteiger partial charge on any atom is -0.423 e. The minimum absolute atomic E-state index is 0.0888. The molecule has 1 aliphatic rings. The Morgan fingerprint density at radius 3 is 2.32 bits per heavy atom. The number of nitrogens with zero attached hydrogens (tertiary/aromatic N) is 3. The van der Waals surface area contributed by atoms with Gasteiger partial charge in [0.2, 0.25) is 0 Å². The van der Waals surface area contributed by atoms with Crippen LogP contribution in [0.3, 0.4) is 0 Å². The Morgan fingerprint density at radius 1 is 1.16 bits per heavy atom. The predicted molar refractivity (Wildman–Crippen MR) is 93.7 cm³/mol. The van der Waals surface area contributed by atoms with Crippen LogP contribution < -0.4 is 20.9 Å². The number of halogens is 6. The molecule has 1 amide bonds. The van der Waals surface area contributed by atoms with Crippen molar-refractivity contribution in [1.82, 2.24) is 9.13 Å². The van der Waals surface area contributed by atoms with Crippen molar-refractivity contribution in [3.63, 3.8) is 0 Å². The Hall–Kier alpha value is -3.69. The molecule has 13 heteroatoms. The summed E-state index contributed by atoms with van der Waals surface area (Å²) in [5.41, 5.74) is -6.89. The number of carbonyl (C=O) groups is 1. The van der Waals surface area contributed by atoms with Gasteiger partial charge < -0.3 is 4.74 Å². The van der Waals surface area contributed by atoms with Gasteiger partial charge in [0.1, 0.15) is 5.69 Å². The number of hydrogen-bond acceptors (Lipinski definition) is 4. The van der Waals surface area contributed by atoms with Gasteiger partial charge in [0.15, 0.2) is 11.6 Å². The molecule has 1 aromatic heterocycles. The van der Waals surface area contributed by atoms with Crippen LogP contribution in [0.5, 0.6) is 5.75 Å². The molecule has 0 fully saturated rings. The summed E-state index contributed by atoms with van der Waals surface area (Å²) < 4.78 is 86.3. The summed E-state index contributed by atoms with van der Waals surface area (Å²) >= 11 is 0. The van der Waals surface area contributed by atoms with Crippen molar-refractivity contribution in [1.29, 1.82) is 0 Å². The SMILES string of the molecule is C#CCN1C(=O)C(F)(F)Oc2cc(F)c(-n3c(=O)c(C)c(C(F)(F)F)n(C)c3=O)cc21. The fourth-order valence-corrected chi connectivity index (χ4v) is 3.16. The molecular formula is C18H11F6N3O4. The van der Waals surface area contributed by atoms with Crippen molar-refractivity contribution in [3.8, 4) is 23.8 Å². The molecule has 7 nitrogen and oxygen atoms in total. The lowest BCUT2D eigenvalue weighted by atomic mass is 10.1. The summed E-state index contributed by atoms with van der Waals surface area (Å²) in [7, 11) is 0.724. The number of alkyl halides is 5. The Balaban J connectivity index is 2.36. The molecule has 2 heterocycles. The molecule has 0 spiro atoms. The van der Waals surface area contributed by atoms with Gasteiger partial charge in [0.05, 0.1) is 17.9 Å². The zero-order valence-electron chi connectivity index (χ0n) is 15.7. The van der Waals surface area contributed by atoms with Gasteiger partial charge in [-0.1, -0.05) is 5.92 Å². The summed E-state index contributed by atoms with van der Waals surface area (Å²) in [5, 5.41) is 0. The van der Waals surface area contributed by atoms with E-state index in [1.807, 2.05) is 5.92 Å². The smallest absolute Gasteiger partial charge is 0.423 e. The molecular weight excluding hydrogens is 436 g/mol. The van der Waals surface area contributed by atoms with Crippen LogP contribution in [0.15, 0.2) is 21.7 Å². The monoisotopic (exact) mass is 447 g/mol. The zero-order valence-corrected chi connectivity index (χ0v) is 15.7. The average Bonchev–Trinajstić information content (AvgIpc) is 2.64. The first-order valence-corrected chi connectivity index (χ1v) is 8.28. The van der Waals surface area contributed by atoms with Crippen LogP contribution in [0.4, 0.5) is 32.0 Å². The standard InChI is InChI=1S/C18H11F6N3O4/c1-4-5-26-11-7-10(9(19)6-12(11)31-18(23,24)15(26)29)27-14(28)8(2)13(17(20,21)22)25(3)16(27)30/h1,6-7H,5H2,2-3H3. The lowest BCUT2D eigenvalue weighted by Crippen LogP contribution is -2.51. The molecule has 1 aliphatic heterocycles. The van der Waals surface area contributed by atoms with E-state index < -0.39 is 70.2 Å². The van der Waals surface area contributed by atoms with Crippen molar-refractivity contribution < 1.29 is 35.9 Å². The number of amides is 1. The highest BCUT2D eigenvalue weighted by atomic mass is 19.4. The highest BCUT2D eigenvalue weighted by molar-refractivity contribution is 6.01. The lowest BCUT2D eigenvalue weighted by Gasteiger charge is -2.32. The molecule has 0 radical (unpaired) electrons. The van der Waals surface area contributed by atoms with Crippen LogP contribution in [-0.4, -0.2) is 27.7 Å². The average molecular weight is 447 g/mol. The molecule has 0 unspecified atom stereocenters. The van der Waals surface area contributed by atoms with Crippen molar-refractivity contribution in [2.24, 2.45) is 7.05 Å². The summed E-state index contributed by atoms with van der Waals surface area (Å²) in [4.78, 5) is 37.3. The number of ether oxygens (including phenoxy) is 1.